The van der Waals surface area contributed by atoms with Crippen molar-refractivity contribution in [1.29, 1.82) is 0 Å². The average Bonchev–Trinajstić information content (AvgIpc) is 2.49. The summed E-state index contributed by atoms with van der Waals surface area (Å²) in [5.74, 6) is 1.06. The van der Waals surface area contributed by atoms with Gasteiger partial charge in [0.1, 0.15) is 5.75 Å². The number of rotatable bonds is 5. The lowest BCUT2D eigenvalue weighted by Gasteiger charge is -2.08. The van der Waals surface area contributed by atoms with Gasteiger partial charge in [-0.05, 0) is 48.9 Å². The van der Waals surface area contributed by atoms with Crippen LogP contribution in [0.2, 0.25) is 0 Å². The first-order valence-corrected chi connectivity index (χ1v) is 7.50. The van der Waals surface area contributed by atoms with Gasteiger partial charge < -0.3 is 15.8 Å². The normalized spacial score (nSPS) is 10.2. The highest BCUT2D eigenvalue weighted by Gasteiger charge is 2.06. The Labute approximate surface area is 128 Å². The molecule has 0 fully saturated rings. The summed E-state index contributed by atoms with van der Waals surface area (Å²) in [4.78, 5) is 13.0. The minimum absolute atomic E-state index is 0.0491. The second kappa shape index (κ2) is 7.04. The molecule has 2 aromatic rings. The largest absolute Gasteiger partial charge is 0.497 e. The van der Waals surface area contributed by atoms with Crippen molar-refractivity contribution >= 4 is 29.0 Å². The van der Waals surface area contributed by atoms with Crippen molar-refractivity contribution in [1.82, 2.24) is 0 Å². The van der Waals surface area contributed by atoms with E-state index in [0.29, 0.717) is 11.4 Å². The molecule has 3 N–H and O–H groups in total. The number of methoxy groups -OCH3 is 1. The van der Waals surface area contributed by atoms with Crippen molar-refractivity contribution < 1.29 is 9.53 Å². The van der Waals surface area contributed by atoms with E-state index in [-0.39, 0.29) is 5.91 Å². The van der Waals surface area contributed by atoms with Crippen molar-refractivity contribution in [3.63, 3.8) is 0 Å². The topological polar surface area (TPSA) is 64.3 Å². The number of benzene rings is 2. The maximum absolute atomic E-state index is 11.9. The number of nitrogens with one attached hydrogen (secondary N) is 1. The Hall–Kier alpha value is -2.14. The number of carbonyl (C=O) groups is 1. The number of hydrogen-bond donors (Lipinski definition) is 2. The SMILES string of the molecule is COc1ccc(NC(=O)CSc2cc(N)ccc2C)cc1. The Morgan fingerprint density at radius 1 is 1.24 bits per heavy atom. The highest BCUT2D eigenvalue weighted by molar-refractivity contribution is 8.00. The molecule has 0 aromatic heterocycles. The molecule has 0 atom stereocenters. The standard InChI is InChI=1S/C16H18N2O2S/c1-11-3-4-12(17)9-15(11)21-10-16(19)18-13-5-7-14(20-2)8-6-13/h3-9H,10,17H2,1-2H3,(H,18,19). The zero-order valence-corrected chi connectivity index (χ0v) is 12.9. The van der Waals surface area contributed by atoms with Gasteiger partial charge in [-0.1, -0.05) is 6.07 Å². The first-order valence-electron chi connectivity index (χ1n) is 6.51. The molecule has 2 aromatic carbocycles. The van der Waals surface area contributed by atoms with Crippen LogP contribution in [0.5, 0.6) is 5.75 Å². The fourth-order valence-corrected chi connectivity index (χ4v) is 2.66. The van der Waals surface area contributed by atoms with Crippen molar-refractivity contribution in [3.05, 3.63) is 48.0 Å². The van der Waals surface area contributed by atoms with Gasteiger partial charge in [-0.2, -0.15) is 0 Å². The summed E-state index contributed by atoms with van der Waals surface area (Å²) in [6.45, 7) is 2.00. The molecule has 5 heteroatoms. The first kappa shape index (κ1) is 15.3. The molecule has 0 radical (unpaired) electrons. The molecule has 0 unspecified atom stereocenters. The van der Waals surface area contributed by atoms with Crippen LogP contribution < -0.4 is 15.8 Å². The lowest BCUT2D eigenvalue weighted by molar-refractivity contribution is -0.113. The fourth-order valence-electron chi connectivity index (χ4n) is 1.79. The molecule has 1 amide bonds. The third-order valence-corrected chi connectivity index (χ3v) is 4.10. The summed E-state index contributed by atoms with van der Waals surface area (Å²) in [5, 5.41) is 2.85. The summed E-state index contributed by atoms with van der Waals surface area (Å²) in [6.07, 6.45) is 0. The first-order chi connectivity index (χ1) is 10.1. The Bertz CT molecular complexity index is 627. The van der Waals surface area contributed by atoms with Crippen LogP contribution in [0.3, 0.4) is 0 Å². The van der Waals surface area contributed by atoms with Crippen LogP contribution in [0, 0.1) is 6.92 Å². The summed E-state index contributed by atoms with van der Waals surface area (Å²) in [6, 6.07) is 13.0. The second-order valence-corrected chi connectivity index (χ2v) is 5.61. The van der Waals surface area contributed by atoms with E-state index < -0.39 is 0 Å². The van der Waals surface area contributed by atoms with E-state index in [1.54, 1.807) is 7.11 Å². The van der Waals surface area contributed by atoms with E-state index >= 15 is 0 Å². The van der Waals surface area contributed by atoms with Gasteiger partial charge in [0.15, 0.2) is 0 Å². The van der Waals surface area contributed by atoms with Crippen LogP contribution in [0.4, 0.5) is 11.4 Å². The van der Waals surface area contributed by atoms with Crippen LogP contribution >= 0.6 is 11.8 Å². The highest BCUT2D eigenvalue weighted by atomic mass is 32.2. The Morgan fingerprint density at radius 2 is 1.95 bits per heavy atom. The van der Waals surface area contributed by atoms with Crippen molar-refractivity contribution in [2.75, 3.05) is 23.9 Å². The summed E-state index contributed by atoms with van der Waals surface area (Å²) in [7, 11) is 1.61. The molecular weight excluding hydrogens is 284 g/mol. The molecule has 0 heterocycles. The number of hydrogen-bond acceptors (Lipinski definition) is 4. The molecule has 2 rings (SSSR count). The number of carbonyl (C=O) groups excluding carboxylic acids is 1. The van der Waals surface area contributed by atoms with Crippen LogP contribution in [0.25, 0.3) is 0 Å². The Kier molecular flexibility index (Phi) is 5.11. The quantitative estimate of drug-likeness (QED) is 0.657. The number of aryl methyl sites for hydroxylation is 1. The van der Waals surface area contributed by atoms with Crippen molar-refractivity contribution in [3.8, 4) is 5.75 Å². The molecular formula is C16H18N2O2S. The zero-order valence-electron chi connectivity index (χ0n) is 12.1. The Balaban J connectivity index is 1.91. The number of nitrogens with two attached hydrogens (primary N) is 1. The molecule has 21 heavy (non-hydrogen) atoms. The minimum Gasteiger partial charge on any atom is -0.497 e. The summed E-state index contributed by atoms with van der Waals surface area (Å²) in [5.41, 5.74) is 8.34. The van der Waals surface area contributed by atoms with E-state index in [0.717, 1.165) is 21.9 Å². The fraction of sp³-hybridized carbons (Fsp3) is 0.188. The van der Waals surface area contributed by atoms with Crippen LogP contribution in [-0.2, 0) is 4.79 Å². The van der Waals surface area contributed by atoms with E-state index in [9.17, 15) is 4.79 Å². The van der Waals surface area contributed by atoms with Gasteiger partial charge in [0.25, 0.3) is 0 Å². The van der Waals surface area contributed by atoms with Crippen molar-refractivity contribution in [2.24, 2.45) is 0 Å². The predicted molar refractivity (Wildman–Crippen MR) is 87.9 cm³/mol. The monoisotopic (exact) mass is 302 g/mol. The van der Waals surface area contributed by atoms with Gasteiger partial charge in [-0.3, -0.25) is 4.79 Å². The van der Waals surface area contributed by atoms with E-state index in [1.165, 1.54) is 11.8 Å². The van der Waals surface area contributed by atoms with Crippen LogP contribution in [0.1, 0.15) is 5.56 Å². The molecule has 0 saturated heterocycles. The molecule has 0 aliphatic rings. The van der Waals surface area contributed by atoms with Gasteiger partial charge in [0.05, 0.1) is 12.9 Å². The van der Waals surface area contributed by atoms with Crippen LogP contribution in [-0.4, -0.2) is 18.8 Å². The van der Waals surface area contributed by atoms with Crippen molar-refractivity contribution in [2.45, 2.75) is 11.8 Å². The smallest absolute Gasteiger partial charge is 0.234 e. The number of thioether (sulfide) groups is 1. The van der Waals surface area contributed by atoms with Gasteiger partial charge in [-0.25, -0.2) is 0 Å². The maximum Gasteiger partial charge on any atom is 0.234 e. The summed E-state index contributed by atoms with van der Waals surface area (Å²) >= 11 is 1.48. The van der Waals surface area contributed by atoms with E-state index in [2.05, 4.69) is 5.32 Å². The number of amides is 1. The molecule has 4 nitrogen and oxygen atoms in total. The second-order valence-electron chi connectivity index (χ2n) is 4.59. The van der Waals surface area contributed by atoms with Gasteiger partial charge in [0.2, 0.25) is 5.91 Å². The zero-order chi connectivity index (χ0) is 15.2. The van der Waals surface area contributed by atoms with Crippen LogP contribution in [0.15, 0.2) is 47.4 Å². The van der Waals surface area contributed by atoms with E-state index in [1.807, 2.05) is 49.4 Å². The van der Waals surface area contributed by atoms with E-state index in [4.69, 9.17) is 10.5 Å². The van der Waals surface area contributed by atoms with Gasteiger partial charge in [-0.15, -0.1) is 11.8 Å². The molecule has 0 bridgehead atoms. The van der Waals surface area contributed by atoms with Gasteiger partial charge in [0, 0.05) is 16.3 Å². The average molecular weight is 302 g/mol. The number of ether oxygens (including phenoxy) is 1. The number of anilines is 2. The lowest BCUT2D eigenvalue weighted by atomic mass is 10.2. The molecule has 0 saturated carbocycles. The third-order valence-electron chi connectivity index (χ3n) is 2.94. The highest BCUT2D eigenvalue weighted by Crippen LogP contribution is 2.25. The molecule has 0 spiro atoms. The van der Waals surface area contributed by atoms with Gasteiger partial charge >= 0.3 is 0 Å². The number of nitrogen functional groups attached to an aromatic ring is 1. The molecule has 0 aliphatic carbocycles. The minimum atomic E-state index is -0.0491. The predicted octanol–water partition coefficient (Wildman–Crippen LogP) is 3.32. The molecule has 0 aliphatic heterocycles. The molecule has 110 valence electrons. The Morgan fingerprint density at radius 3 is 2.62 bits per heavy atom. The maximum atomic E-state index is 11.9. The lowest BCUT2D eigenvalue weighted by Crippen LogP contribution is -2.14. The summed E-state index contributed by atoms with van der Waals surface area (Å²) < 4.78 is 5.08. The third kappa shape index (κ3) is 4.43.